The van der Waals surface area contributed by atoms with Gasteiger partial charge in [-0.3, -0.25) is 4.79 Å². The molecule has 0 heterocycles. The number of halogens is 1. The highest BCUT2D eigenvalue weighted by Gasteiger charge is 2.18. The van der Waals surface area contributed by atoms with Crippen molar-refractivity contribution in [2.45, 2.75) is 45.1 Å². The Kier molecular flexibility index (Phi) is 8.13. The van der Waals surface area contributed by atoms with E-state index < -0.39 is 0 Å². The molecule has 4 nitrogen and oxygen atoms in total. The zero-order chi connectivity index (χ0) is 18.1. The first-order valence-electron chi connectivity index (χ1n) is 8.97. The van der Waals surface area contributed by atoms with Crippen LogP contribution in [-0.4, -0.2) is 31.5 Å². The summed E-state index contributed by atoms with van der Waals surface area (Å²) >= 11 is 5.66. The molecule has 0 aromatic heterocycles. The van der Waals surface area contributed by atoms with Crippen LogP contribution in [0.15, 0.2) is 24.3 Å². The summed E-state index contributed by atoms with van der Waals surface area (Å²) in [6.45, 7) is 2.83. The maximum Gasteiger partial charge on any atom is 0.244 e. The van der Waals surface area contributed by atoms with Crippen molar-refractivity contribution in [3.8, 4) is 11.5 Å². The summed E-state index contributed by atoms with van der Waals surface area (Å²) in [5.41, 5.74) is 0.897. The maximum atomic E-state index is 12.1. The Hall–Kier alpha value is -1.68. The second kappa shape index (κ2) is 10.3. The summed E-state index contributed by atoms with van der Waals surface area (Å²) in [6.07, 6.45) is 8.69. The Morgan fingerprint density at radius 1 is 1.28 bits per heavy atom. The highest BCUT2D eigenvalue weighted by atomic mass is 35.5. The zero-order valence-corrected chi connectivity index (χ0v) is 15.8. The largest absolute Gasteiger partial charge is 0.493 e. The van der Waals surface area contributed by atoms with Gasteiger partial charge in [0.05, 0.1) is 13.7 Å². The molecule has 0 saturated heterocycles. The molecular formula is C20H28ClNO3. The predicted molar refractivity (Wildman–Crippen MR) is 102 cm³/mol. The van der Waals surface area contributed by atoms with Gasteiger partial charge in [-0.05, 0) is 61.8 Å². The van der Waals surface area contributed by atoms with E-state index in [0.717, 1.165) is 30.7 Å². The fraction of sp³-hybridized carbons (Fsp3) is 0.550. The summed E-state index contributed by atoms with van der Waals surface area (Å²) in [5, 5.41) is 3.09. The lowest BCUT2D eigenvalue weighted by Crippen LogP contribution is -2.36. The number of nitrogens with one attached hydrogen (secondary N) is 1. The van der Waals surface area contributed by atoms with E-state index in [1.54, 1.807) is 19.3 Å². The summed E-state index contributed by atoms with van der Waals surface area (Å²) in [5.74, 6) is 2.64. The zero-order valence-electron chi connectivity index (χ0n) is 15.1. The molecule has 1 saturated carbocycles. The van der Waals surface area contributed by atoms with Crippen LogP contribution in [0.2, 0.25) is 0 Å². The molecule has 2 rings (SSSR count). The SMILES string of the molecule is COc1cc(C=CC(=O)N[C@H]2CC[C@H](C)CC2)ccc1OCCCCl. The van der Waals surface area contributed by atoms with Crippen molar-refractivity contribution in [2.24, 2.45) is 5.92 Å². The van der Waals surface area contributed by atoms with Crippen LogP contribution in [0.4, 0.5) is 0 Å². The van der Waals surface area contributed by atoms with Gasteiger partial charge in [-0.1, -0.05) is 13.0 Å². The van der Waals surface area contributed by atoms with Gasteiger partial charge in [-0.25, -0.2) is 0 Å². The molecule has 1 fully saturated rings. The molecule has 0 atom stereocenters. The second-order valence-electron chi connectivity index (χ2n) is 6.60. The topological polar surface area (TPSA) is 47.6 Å². The Bertz CT molecular complexity index is 580. The minimum Gasteiger partial charge on any atom is -0.493 e. The average molecular weight is 366 g/mol. The third-order valence-electron chi connectivity index (χ3n) is 4.51. The van der Waals surface area contributed by atoms with Crippen LogP contribution in [0, 0.1) is 5.92 Å². The van der Waals surface area contributed by atoms with Crippen LogP contribution < -0.4 is 14.8 Å². The Balaban J connectivity index is 1.90. The number of ether oxygens (including phenoxy) is 2. The van der Waals surface area contributed by atoms with E-state index in [0.29, 0.717) is 30.0 Å². The van der Waals surface area contributed by atoms with Crippen molar-refractivity contribution in [3.63, 3.8) is 0 Å². The molecule has 138 valence electrons. The second-order valence-corrected chi connectivity index (χ2v) is 6.98. The van der Waals surface area contributed by atoms with Crippen LogP contribution in [-0.2, 0) is 4.79 Å². The van der Waals surface area contributed by atoms with Crippen LogP contribution >= 0.6 is 11.6 Å². The molecule has 1 aliphatic carbocycles. The molecule has 0 spiro atoms. The quantitative estimate of drug-likeness (QED) is 0.421. The number of amides is 1. The smallest absolute Gasteiger partial charge is 0.244 e. The fourth-order valence-corrected chi connectivity index (χ4v) is 3.08. The molecule has 0 bridgehead atoms. The fourth-order valence-electron chi connectivity index (χ4n) is 2.97. The number of carbonyl (C=O) groups is 1. The molecule has 1 amide bonds. The normalized spacial score (nSPS) is 20.4. The molecule has 0 radical (unpaired) electrons. The molecule has 1 N–H and O–H groups in total. The lowest BCUT2D eigenvalue weighted by atomic mass is 9.87. The molecule has 1 aromatic rings. The first-order valence-corrected chi connectivity index (χ1v) is 9.51. The number of benzene rings is 1. The van der Waals surface area contributed by atoms with E-state index in [2.05, 4.69) is 12.2 Å². The van der Waals surface area contributed by atoms with Gasteiger partial charge < -0.3 is 14.8 Å². The van der Waals surface area contributed by atoms with Gasteiger partial charge in [0, 0.05) is 18.0 Å². The van der Waals surface area contributed by atoms with E-state index >= 15 is 0 Å². The molecule has 0 aliphatic heterocycles. The molecular weight excluding hydrogens is 338 g/mol. The van der Waals surface area contributed by atoms with Crippen molar-refractivity contribution >= 4 is 23.6 Å². The number of rotatable bonds is 8. The third-order valence-corrected chi connectivity index (χ3v) is 4.78. The summed E-state index contributed by atoms with van der Waals surface area (Å²) < 4.78 is 11.0. The Morgan fingerprint density at radius 2 is 2.04 bits per heavy atom. The van der Waals surface area contributed by atoms with Crippen molar-refractivity contribution in [1.82, 2.24) is 5.32 Å². The van der Waals surface area contributed by atoms with Gasteiger partial charge in [-0.15, -0.1) is 11.6 Å². The van der Waals surface area contributed by atoms with Gasteiger partial charge in [0.2, 0.25) is 5.91 Å². The van der Waals surface area contributed by atoms with Gasteiger partial charge in [0.1, 0.15) is 0 Å². The molecule has 25 heavy (non-hydrogen) atoms. The maximum absolute atomic E-state index is 12.1. The molecule has 1 aromatic carbocycles. The number of hydrogen-bond acceptors (Lipinski definition) is 3. The lowest BCUT2D eigenvalue weighted by Gasteiger charge is -2.26. The summed E-state index contributed by atoms with van der Waals surface area (Å²) in [7, 11) is 1.61. The van der Waals surface area contributed by atoms with Crippen LogP contribution in [0.3, 0.4) is 0 Å². The van der Waals surface area contributed by atoms with Gasteiger partial charge in [0.25, 0.3) is 0 Å². The first-order chi connectivity index (χ1) is 12.1. The van der Waals surface area contributed by atoms with E-state index in [1.807, 2.05) is 18.2 Å². The highest BCUT2D eigenvalue weighted by Crippen LogP contribution is 2.28. The van der Waals surface area contributed by atoms with E-state index in [-0.39, 0.29) is 5.91 Å². The molecule has 0 unspecified atom stereocenters. The minimum atomic E-state index is -0.0408. The standard InChI is InChI=1S/C20H28ClNO3/c1-15-4-8-17(9-5-15)22-20(23)11-7-16-6-10-18(19(14-16)24-2)25-13-3-12-21/h6-7,10-11,14-15,17H,3-5,8-9,12-13H2,1-2H3,(H,22,23)/t15-,17-. The number of carbonyl (C=O) groups excluding carboxylic acids is 1. The van der Waals surface area contributed by atoms with E-state index in [9.17, 15) is 4.79 Å². The molecule has 1 aliphatic rings. The summed E-state index contributed by atoms with van der Waals surface area (Å²) in [6, 6.07) is 5.93. The van der Waals surface area contributed by atoms with Crippen LogP contribution in [0.1, 0.15) is 44.6 Å². The third kappa shape index (κ3) is 6.62. The van der Waals surface area contributed by atoms with E-state index in [1.165, 1.54) is 12.8 Å². The summed E-state index contributed by atoms with van der Waals surface area (Å²) in [4.78, 5) is 12.1. The monoisotopic (exact) mass is 365 g/mol. The average Bonchev–Trinajstić information content (AvgIpc) is 2.62. The van der Waals surface area contributed by atoms with Crippen molar-refractivity contribution < 1.29 is 14.3 Å². The molecule has 5 heteroatoms. The van der Waals surface area contributed by atoms with Crippen LogP contribution in [0.25, 0.3) is 6.08 Å². The van der Waals surface area contributed by atoms with Gasteiger partial charge in [0.15, 0.2) is 11.5 Å². The number of hydrogen-bond donors (Lipinski definition) is 1. The van der Waals surface area contributed by atoms with E-state index in [4.69, 9.17) is 21.1 Å². The number of methoxy groups -OCH3 is 1. The number of alkyl halides is 1. The Labute approximate surface area is 155 Å². The van der Waals surface area contributed by atoms with Gasteiger partial charge >= 0.3 is 0 Å². The predicted octanol–water partition coefficient (Wildman–Crippen LogP) is 4.41. The lowest BCUT2D eigenvalue weighted by molar-refractivity contribution is -0.117. The highest BCUT2D eigenvalue weighted by molar-refractivity contribution is 6.17. The van der Waals surface area contributed by atoms with Crippen molar-refractivity contribution in [1.29, 1.82) is 0 Å². The van der Waals surface area contributed by atoms with Crippen molar-refractivity contribution in [3.05, 3.63) is 29.8 Å². The minimum absolute atomic E-state index is 0.0408. The van der Waals surface area contributed by atoms with Gasteiger partial charge in [-0.2, -0.15) is 0 Å². The van der Waals surface area contributed by atoms with Crippen LogP contribution in [0.5, 0.6) is 11.5 Å². The first kappa shape index (κ1) is 19.6. The Morgan fingerprint density at radius 3 is 2.72 bits per heavy atom. The van der Waals surface area contributed by atoms with Crippen molar-refractivity contribution in [2.75, 3.05) is 19.6 Å².